The van der Waals surface area contributed by atoms with Gasteiger partial charge in [0.1, 0.15) is 5.82 Å². The molecule has 1 aromatic carbocycles. The minimum absolute atomic E-state index is 0.0142. The standard InChI is InChI=1S/C9H11FN2O2S/c10-7-1-3-8(4-2-7)15(13,14)6-5-9(11)12/h1-4H,5-6H2,(H3,11,12). The predicted molar refractivity (Wildman–Crippen MR) is 55.0 cm³/mol. The fraction of sp³-hybridized carbons (Fsp3) is 0.222. The zero-order valence-electron chi connectivity index (χ0n) is 7.90. The highest BCUT2D eigenvalue weighted by molar-refractivity contribution is 7.91. The molecule has 0 radical (unpaired) electrons. The largest absolute Gasteiger partial charge is 0.388 e. The highest BCUT2D eigenvalue weighted by Gasteiger charge is 2.14. The Morgan fingerprint density at radius 3 is 2.33 bits per heavy atom. The molecule has 82 valence electrons. The van der Waals surface area contributed by atoms with Gasteiger partial charge in [0.2, 0.25) is 0 Å². The fourth-order valence-electron chi connectivity index (χ4n) is 1.00. The number of nitrogens with one attached hydrogen (secondary N) is 1. The first kappa shape index (κ1) is 11.6. The van der Waals surface area contributed by atoms with Gasteiger partial charge in [-0.3, -0.25) is 5.41 Å². The van der Waals surface area contributed by atoms with Gasteiger partial charge in [-0.15, -0.1) is 0 Å². The van der Waals surface area contributed by atoms with Crippen LogP contribution in [0.4, 0.5) is 4.39 Å². The maximum absolute atomic E-state index is 12.5. The summed E-state index contributed by atoms with van der Waals surface area (Å²) in [5.41, 5.74) is 5.06. The first-order valence-electron chi connectivity index (χ1n) is 4.23. The molecule has 1 rings (SSSR count). The first-order valence-corrected chi connectivity index (χ1v) is 5.88. The number of hydrogen-bond donors (Lipinski definition) is 2. The van der Waals surface area contributed by atoms with Crippen molar-refractivity contribution in [2.24, 2.45) is 5.73 Å². The molecule has 1 aromatic rings. The van der Waals surface area contributed by atoms with Crippen LogP contribution in [0.5, 0.6) is 0 Å². The van der Waals surface area contributed by atoms with Crippen LogP contribution in [0.25, 0.3) is 0 Å². The lowest BCUT2D eigenvalue weighted by atomic mass is 10.4. The fourth-order valence-corrected chi connectivity index (χ4v) is 2.28. The van der Waals surface area contributed by atoms with E-state index in [9.17, 15) is 12.8 Å². The number of halogens is 1. The third kappa shape index (κ3) is 3.32. The van der Waals surface area contributed by atoms with E-state index in [1.165, 1.54) is 12.1 Å². The molecule has 0 aliphatic rings. The van der Waals surface area contributed by atoms with Crippen LogP contribution in [-0.4, -0.2) is 20.0 Å². The van der Waals surface area contributed by atoms with Gasteiger partial charge in [-0.1, -0.05) is 0 Å². The molecule has 0 unspecified atom stereocenters. The molecule has 0 saturated heterocycles. The van der Waals surface area contributed by atoms with Crippen molar-refractivity contribution < 1.29 is 12.8 Å². The molecule has 0 bridgehead atoms. The van der Waals surface area contributed by atoms with Gasteiger partial charge >= 0.3 is 0 Å². The van der Waals surface area contributed by atoms with Gasteiger partial charge in [0.05, 0.1) is 16.5 Å². The molecule has 0 saturated carbocycles. The van der Waals surface area contributed by atoms with Crippen LogP contribution in [0.15, 0.2) is 29.2 Å². The van der Waals surface area contributed by atoms with Crippen LogP contribution >= 0.6 is 0 Å². The Kier molecular flexibility index (Phi) is 3.41. The number of sulfone groups is 1. The lowest BCUT2D eigenvalue weighted by Crippen LogP contribution is -2.16. The predicted octanol–water partition coefficient (Wildman–Crippen LogP) is 0.925. The van der Waals surface area contributed by atoms with Gasteiger partial charge in [-0.25, -0.2) is 12.8 Å². The van der Waals surface area contributed by atoms with E-state index in [0.717, 1.165) is 12.1 Å². The molecular weight excluding hydrogens is 219 g/mol. The molecule has 0 aliphatic carbocycles. The number of amidine groups is 1. The molecule has 3 N–H and O–H groups in total. The minimum atomic E-state index is -3.46. The number of nitrogens with two attached hydrogens (primary N) is 1. The Morgan fingerprint density at radius 1 is 1.33 bits per heavy atom. The third-order valence-corrected chi connectivity index (χ3v) is 3.54. The summed E-state index contributed by atoms with van der Waals surface area (Å²) < 4.78 is 35.7. The Morgan fingerprint density at radius 2 is 1.87 bits per heavy atom. The molecule has 6 heteroatoms. The molecule has 0 atom stereocenters. The Balaban J connectivity index is 2.87. The van der Waals surface area contributed by atoms with Crippen LogP contribution in [0.1, 0.15) is 6.42 Å². The van der Waals surface area contributed by atoms with Gasteiger partial charge in [-0.2, -0.15) is 0 Å². The monoisotopic (exact) mass is 230 g/mol. The maximum atomic E-state index is 12.5. The smallest absolute Gasteiger partial charge is 0.178 e. The summed E-state index contributed by atoms with van der Waals surface area (Å²) in [6.45, 7) is 0. The zero-order chi connectivity index (χ0) is 11.5. The summed E-state index contributed by atoms with van der Waals surface area (Å²) in [5, 5.41) is 6.92. The summed E-state index contributed by atoms with van der Waals surface area (Å²) in [5.74, 6) is -0.894. The molecule has 0 fully saturated rings. The lowest BCUT2D eigenvalue weighted by molar-refractivity contribution is 0.594. The first-order chi connectivity index (χ1) is 6.92. The highest BCUT2D eigenvalue weighted by Crippen LogP contribution is 2.12. The second-order valence-electron chi connectivity index (χ2n) is 3.05. The molecule has 15 heavy (non-hydrogen) atoms. The van der Waals surface area contributed by atoms with Crippen LogP contribution < -0.4 is 5.73 Å². The topological polar surface area (TPSA) is 84.0 Å². The van der Waals surface area contributed by atoms with E-state index in [0.29, 0.717) is 0 Å². The Labute approximate surface area is 87.3 Å². The van der Waals surface area contributed by atoms with Crippen molar-refractivity contribution in [3.05, 3.63) is 30.1 Å². The Hall–Kier alpha value is -1.43. The van der Waals surface area contributed by atoms with E-state index in [1.807, 2.05) is 0 Å². The number of benzene rings is 1. The number of hydrogen-bond acceptors (Lipinski definition) is 3. The van der Waals surface area contributed by atoms with E-state index < -0.39 is 15.7 Å². The van der Waals surface area contributed by atoms with Crippen LogP contribution in [0.3, 0.4) is 0 Å². The van der Waals surface area contributed by atoms with Gasteiger partial charge < -0.3 is 5.73 Å². The van der Waals surface area contributed by atoms with Crippen LogP contribution in [0.2, 0.25) is 0 Å². The van der Waals surface area contributed by atoms with Crippen LogP contribution in [0, 0.1) is 11.2 Å². The van der Waals surface area contributed by atoms with Crippen LogP contribution in [-0.2, 0) is 9.84 Å². The van der Waals surface area contributed by atoms with Crippen molar-refractivity contribution in [1.29, 1.82) is 5.41 Å². The van der Waals surface area contributed by atoms with E-state index in [2.05, 4.69) is 0 Å². The highest BCUT2D eigenvalue weighted by atomic mass is 32.2. The van der Waals surface area contributed by atoms with Gasteiger partial charge in [0.25, 0.3) is 0 Å². The molecule has 0 spiro atoms. The average Bonchev–Trinajstić information content (AvgIpc) is 2.16. The van der Waals surface area contributed by atoms with Crippen molar-refractivity contribution in [3.8, 4) is 0 Å². The SMILES string of the molecule is N=C(N)CCS(=O)(=O)c1ccc(F)cc1. The quantitative estimate of drug-likeness (QED) is 0.458. The summed E-state index contributed by atoms with van der Waals surface area (Å²) in [4.78, 5) is 0.0464. The molecule has 0 aliphatic heterocycles. The second kappa shape index (κ2) is 4.39. The summed E-state index contributed by atoms with van der Waals surface area (Å²) in [6.07, 6.45) is -0.0142. The average molecular weight is 230 g/mol. The molecule has 0 aromatic heterocycles. The van der Waals surface area contributed by atoms with E-state index in [-0.39, 0.29) is 22.9 Å². The lowest BCUT2D eigenvalue weighted by Gasteiger charge is -2.03. The van der Waals surface area contributed by atoms with Crippen molar-refractivity contribution in [2.45, 2.75) is 11.3 Å². The number of rotatable bonds is 4. The van der Waals surface area contributed by atoms with Gasteiger partial charge in [0, 0.05) is 6.42 Å². The van der Waals surface area contributed by atoms with Crippen molar-refractivity contribution in [2.75, 3.05) is 5.75 Å². The maximum Gasteiger partial charge on any atom is 0.178 e. The molecule has 0 heterocycles. The Bertz CT molecular complexity index is 454. The third-order valence-electron chi connectivity index (χ3n) is 1.81. The van der Waals surface area contributed by atoms with Gasteiger partial charge in [0.15, 0.2) is 9.84 Å². The summed E-state index contributed by atoms with van der Waals surface area (Å²) >= 11 is 0. The molecule has 4 nitrogen and oxygen atoms in total. The second-order valence-corrected chi connectivity index (χ2v) is 5.16. The van der Waals surface area contributed by atoms with E-state index in [1.54, 1.807) is 0 Å². The molecular formula is C9H11FN2O2S. The minimum Gasteiger partial charge on any atom is -0.388 e. The van der Waals surface area contributed by atoms with Crippen molar-refractivity contribution >= 4 is 15.7 Å². The normalized spacial score (nSPS) is 11.3. The molecule has 0 amide bonds. The van der Waals surface area contributed by atoms with Crippen molar-refractivity contribution in [3.63, 3.8) is 0 Å². The van der Waals surface area contributed by atoms with E-state index in [4.69, 9.17) is 11.1 Å². The zero-order valence-corrected chi connectivity index (χ0v) is 8.72. The summed E-state index contributed by atoms with van der Waals surface area (Å²) in [7, 11) is -3.46. The summed E-state index contributed by atoms with van der Waals surface area (Å²) in [6, 6.07) is 4.57. The van der Waals surface area contributed by atoms with E-state index >= 15 is 0 Å². The van der Waals surface area contributed by atoms with Crippen molar-refractivity contribution in [1.82, 2.24) is 0 Å². The van der Waals surface area contributed by atoms with Gasteiger partial charge in [-0.05, 0) is 24.3 Å².